The number of hydrogen-bond acceptors (Lipinski definition) is 4. The van der Waals surface area contributed by atoms with Gasteiger partial charge in [-0.05, 0) is 51.7 Å². The number of nitrogens with zero attached hydrogens (tertiary/aromatic N) is 3. The lowest BCUT2D eigenvalue weighted by molar-refractivity contribution is -0.158. The number of ether oxygens (including phenoxy) is 1. The predicted molar refractivity (Wildman–Crippen MR) is 107 cm³/mol. The third kappa shape index (κ3) is 4.52. The van der Waals surface area contributed by atoms with Crippen molar-refractivity contribution >= 4 is 11.9 Å². The Hall–Kier alpha value is -2.77. The van der Waals surface area contributed by atoms with Crippen LogP contribution in [0.15, 0.2) is 30.6 Å². The van der Waals surface area contributed by atoms with Crippen LogP contribution in [0.5, 0.6) is 0 Å². The zero-order valence-electron chi connectivity index (χ0n) is 17.5. The molecule has 1 saturated heterocycles. The summed E-state index contributed by atoms with van der Waals surface area (Å²) in [4.78, 5) is 27.6. The molecule has 0 aliphatic carbocycles. The molecule has 1 amide bonds. The van der Waals surface area contributed by atoms with E-state index in [1.54, 1.807) is 22.7 Å². The van der Waals surface area contributed by atoms with Gasteiger partial charge < -0.3 is 9.64 Å². The topological polar surface area (TPSA) is 64.4 Å². The van der Waals surface area contributed by atoms with Crippen molar-refractivity contribution in [2.45, 2.75) is 46.1 Å². The average molecular weight is 419 g/mol. The molecule has 1 aromatic heterocycles. The normalized spacial score (nSPS) is 19.2. The van der Waals surface area contributed by atoms with Crippen molar-refractivity contribution in [3.05, 3.63) is 53.4 Å². The molecule has 0 bridgehead atoms. The van der Waals surface area contributed by atoms with Gasteiger partial charge in [-0.3, -0.25) is 14.3 Å². The molecule has 1 aliphatic heterocycles. The standard InChI is InChI=1S/C22H27F2N3O3/c1-4-30-21(29)22(11-16-6-7-18(23)10-19(16)24)8-5-9-26(14-22)20(28)17-12-25-27(13-17)15(2)3/h6-7,10,12-13,15H,4-5,8-9,11,14H2,1-3H3. The fraction of sp³-hybridized carbons (Fsp3) is 0.500. The summed E-state index contributed by atoms with van der Waals surface area (Å²) in [6, 6.07) is 3.44. The van der Waals surface area contributed by atoms with E-state index in [-0.39, 0.29) is 37.1 Å². The van der Waals surface area contributed by atoms with Crippen LogP contribution in [0.4, 0.5) is 8.78 Å². The Bertz CT molecular complexity index is 928. The first-order valence-corrected chi connectivity index (χ1v) is 10.2. The molecule has 1 unspecified atom stereocenters. The van der Waals surface area contributed by atoms with Gasteiger partial charge in [-0.1, -0.05) is 6.07 Å². The van der Waals surface area contributed by atoms with Crippen LogP contribution in [0.25, 0.3) is 0 Å². The van der Waals surface area contributed by atoms with Crippen LogP contribution in [0.2, 0.25) is 0 Å². The molecule has 8 heteroatoms. The van der Waals surface area contributed by atoms with Gasteiger partial charge >= 0.3 is 5.97 Å². The minimum Gasteiger partial charge on any atom is -0.466 e. The van der Waals surface area contributed by atoms with Crippen LogP contribution in [0.3, 0.4) is 0 Å². The highest BCUT2D eigenvalue weighted by Crippen LogP contribution is 2.36. The molecule has 0 radical (unpaired) electrons. The predicted octanol–water partition coefficient (Wildman–Crippen LogP) is 3.77. The number of esters is 1. The van der Waals surface area contributed by atoms with E-state index in [0.717, 1.165) is 6.07 Å². The Kier molecular flexibility index (Phi) is 6.53. The van der Waals surface area contributed by atoms with Gasteiger partial charge in [0.15, 0.2) is 0 Å². The van der Waals surface area contributed by atoms with E-state index in [1.807, 2.05) is 13.8 Å². The van der Waals surface area contributed by atoms with E-state index in [4.69, 9.17) is 4.74 Å². The number of aromatic nitrogens is 2. The Morgan fingerprint density at radius 3 is 2.70 bits per heavy atom. The smallest absolute Gasteiger partial charge is 0.314 e. The molecule has 1 aromatic carbocycles. The highest BCUT2D eigenvalue weighted by atomic mass is 19.1. The minimum absolute atomic E-state index is 0.0347. The summed E-state index contributed by atoms with van der Waals surface area (Å²) >= 11 is 0. The molecule has 0 spiro atoms. The lowest BCUT2D eigenvalue weighted by Crippen LogP contribution is -2.51. The van der Waals surface area contributed by atoms with Crippen LogP contribution in [-0.2, 0) is 16.0 Å². The Labute approximate surface area is 174 Å². The lowest BCUT2D eigenvalue weighted by atomic mass is 9.74. The van der Waals surface area contributed by atoms with Gasteiger partial charge in [0.2, 0.25) is 0 Å². The fourth-order valence-electron chi connectivity index (χ4n) is 3.92. The third-order valence-corrected chi connectivity index (χ3v) is 5.49. The van der Waals surface area contributed by atoms with Gasteiger partial charge in [-0.15, -0.1) is 0 Å². The average Bonchev–Trinajstić information content (AvgIpc) is 3.20. The molecule has 0 saturated carbocycles. The Morgan fingerprint density at radius 1 is 1.30 bits per heavy atom. The number of halogens is 2. The van der Waals surface area contributed by atoms with Gasteiger partial charge in [0.1, 0.15) is 11.6 Å². The maximum atomic E-state index is 14.3. The summed E-state index contributed by atoms with van der Waals surface area (Å²) in [7, 11) is 0. The van der Waals surface area contributed by atoms with Crippen LogP contribution in [-0.4, -0.2) is 46.3 Å². The number of benzene rings is 1. The van der Waals surface area contributed by atoms with Crippen molar-refractivity contribution in [1.29, 1.82) is 0 Å². The molecule has 1 aliphatic rings. The lowest BCUT2D eigenvalue weighted by Gasteiger charge is -2.41. The summed E-state index contributed by atoms with van der Waals surface area (Å²) in [5.41, 5.74) is -0.418. The molecule has 30 heavy (non-hydrogen) atoms. The number of likely N-dealkylation sites (tertiary alicyclic amines) is 1. The van der Waals surface area contributed by atoms with E-state index >= 15 is 0 Å². The van der Waals surface area contributed by atoms with Crippen LogP contribution in [0.1, 0.15) is 55.6 Å². The molecule has 162 valence electrons. The largest absolute Gasteiger partial charge is 0.466 e. The van der Waals surface area contributed by atoms with Crippen LogP contribution in [0, 0.1) is 17.0 Å². The molecular formula is C22H27F2N3O3. The SMILES string of the molecule is CCOC(=O)C1(Cc2ccc(F)cc2F)CCCN(C(=O)c2cnn(C(C)C)c2)C1. The van der Waals surface area contributed by atoms with Gasteiger partial charge in [-0.25, -0.2) is 8.78 Å². The number of amides is 1. The van der Waals surface area contributed by atoms with Gasteiger partial charge in [0, 0.05) is 31.4 Å². The second kappa shape index (κ2) is 8.93. The van der Waals surface area contributed by atoms with Crippen molar-refractivity contribution in [2.75, 3.05) is 19.7 Å². The zero-order valence-corrected chi connectivity index (χ0v) is 17.5. The van der Waals surface area contributed by atoms with Gasteiger partial charge in [0.05, 0.1) is 23.8 Å². The van der Waals surface area contributed by atoms with Crippen molar-refractivity contribution in [3.63, 3.8) is 0 Å². The molecule has 2 heterocycles. The van der Waals surface area contributed by atoms with E-state index in [2.05, 4.69) is 5.10 Å². The maximum Gasteiger partial charge on any atom is 0.314 e. The number of carbonyl (C=O) groups is 2. The molecule has 3 rings (SSSR count). The molecule has 0 N–H and O–H groups in total. The number of rotatable bonds is 6. The number of hydrogen-bond donors (Lipinski definition) is 0. The van der Waals surface area contributed by atoms with E-state index in [9.17, 15) is 18.4 Å². The maximum absolute atomic E-state index is 14.3. The highest BCUT2D eigenvalue weighted by molar-refractivity contribution is 5.94. The second-order valence-electron chi connectivity index (χ2n) is 8.05. The first-order chi connectivity index (χ1) is 14.3. The fourth-order valence-corrected chi connectivity index (χ4v) is 3.92. The Morgan fingerprint density at radius 2 is 2.07 bits per heavy atom. The van der Waals surface area contributed by atoms with Gasteiger partial charge in [-0.2, -0.15) is 5.10 Å². The molecular weight excluding hydrogens is 392 g/mol. The van der Waals surface area contributed by atoms with Crippen molar-refractivity contribution in [2.24, 2.45) is 5.41 Å². The summed E-state index contributed by atoms with van der Waals surface area (Å²) < 4.78 is 34.7. The van der Waals surface area contributed by atoms with Crippen molar-refractivity contribution in [3.8, 4) is 0 Å². The van der Waals surface area contributed by atoms with E-state index < -0.39 is 23.0 Å². The first-order valence-electron chi connectivity index (χ1n) is 10.2. The molecule has 2 aromatic rings. The van der Waals surface area contributed by atoms with Crippen LogP contribution < -0.4 is 0 Å². The number of carbonyl (C=O) groups excluding carboxylic acids is 2. The van der Waals surface area contributed by atoms with Crippen LogP contribution >= 0.6 is 0 Å². The summed E-state index contributed by atoms with van der Waals surface area (Å²) in [5.74, 6) is -2.08. The summed E-state index contributed by atoms with van der Waals surface area (Å²) in [5, 5.41) is 4.21. The van der Waals surface area contributed by atoms with E-state index in [0.29, 0.717) is 24.9 Å². The van der Waals surface area contributed by atoms with Crippen molar-refractivity contribution in [1.82, 2.24) is 14.7 Å². The monoisotopic (exact) mass is 419 g/mol. The Balaban J connectivity index is 1.88. The van der Waals surface area contributed by atoms with Gasteiger partial charge in [0.25, 0.3) is 5.91 Å². The number of piperidine rings is 1. The first kappa shape index (κ1) is 21.9. The molecule has 1 fully saturated rings. The molecule has 6 nitrogen and oxygen atoms in total. The quantitative estimate of drug-likeness (QED) is 0.669. The molecule has 1 atom stereocenters. The minimum atomic E-state index is -1.09. The third-order valence-electron chi connectivity index (χ3n) is 5.49. The summed E-state index contributed by atoms with van der Waals surface area (Å²) in [6.45, 7) is 6.40. The van der Waals surface area contributed by atoms with Crippen molar-refractivity contribution < 1.29 is 23.1 Å². The highest BCUT2D eigenvalue weighted by Gasteiger charge is 2.45. The summed E-state index contributed by atoms with van der Waals surface area (Å²) in [6.07, 6.45) is 4.27. The second-order valence-corrected chi connectivity index (χ2v) is 8.05. The van der Waals surface area contributed by atoms with E-state index in [1.165, 1.54) is 18.3 Å². The zero-order chi connectivity index (χ0) is 21.9.